The molecular weight excluding hydrogens is 420 g/mol. The molecule has 1 atom stereocenters. The first-order valence-electron chi connectivity index (χ1n) is 9.69. The molecule has 3 rings (SSSR count). The number of benzene rings is 2. The number of carbonyl (C=O) groups excluding carboxylic acids is 1. The van der Waals surface area contributed by atoms with Crippen LogP contribution in [0.3, 0.4) is 0 Å². The number of hydrogen-bond acceptors (Lipinski definition) is 5. The molecule has 2 aromatic carbocycles. The molecule has 1 heterocycles. The number of thioether (sulfide) groups is 1. The highest BCUT2D eigenvalue weighted by molar-refractivity contribution is 7.98. The van der Waals surface area contributed by atoms with Crippen molar-refractivity contribution < 1.29 is 17.9 Å². The third kappa shape index (κ3) is 5.29. The first-order chi connectivity index (χ1) is 14.0. The number of nitrogens with zero attached hydrogens (tertiary/aromatic N) is 1. The van der Waals surface area contributed by atoms with Crippen LogP contribution in [0.5, 0.6) is 5.75 Å². The maximum atomic E-state index is 12.9. The molecule has 0 saturated heterocycles. The predicted molar refractivity (Wildman–Crippen MR) is 122 cm³/mol. The fourth-order valence-electron chi connectivity index (χ4n) is 3.62. The van der Waals surface area contributed by atoms with E-state index in [2.05, 4.69) is 5.32 Å². The Bertz CT molecular complexity index is 1050. The van der Waals surface area contributed by atoms with Crippen LogP contribution in [0.15, 0.2) is 47.4 Å². The minimum atomic E-state index is -3.63. The minimum absolute atomic E-state index is 0.254. The van der Waals surface area contributed by atoms with Crippen molar-refractivity contribution in [1.29, 1.82) is 0 Å². The van der Waals surface area contributed by atoms with Gasteiger partial charge < -0.3 is 10.1 Å². The first-order valence-corrected chi connectivity index (χ1v) is 12.8. The van der Waals surface area contributed by atoms with Crippen molar-refractivity contribution in [2.75, 3.05) is 23.4 Å². The molecule has 30 heavy (non-hydrogen) atoms. The van der Waals surface area contributed by atoms with Gasteiger partial charge in [0.2, 0.25) is 15.9 Å². The monoisotopic (exact) mass is 448 g/mol. The van der Waals surface area contributed by atoms with Crippen LogP contribution in [0.2, 0.25) is 0 Å². The summed E-state index contributed by atoms with van der Waals surface area (Å²) >= 11 is 1.52. The Morgan fingerprint density at radius 3 is 2.67 bits per heavy atom. The van der Waals surface area contributed by atoms with Gasteiger partial charge >= 0.3 is 0 Å². The number of hydrogen-bond donors (Lipinski definition) is 1. The summed E-state index contributed by atoms with van der Waals surface area (Å²) in [6, 6.07) is 12.8. The topological polar surface area (TPSA) is 75.7 Å². The summed E-state index contributed by atoms with van der Waals surface area (Å²) in [5, 5.41) is 3.02. The van der Waals surface area contributed by atoms with Crippen LogP contribution in [-0.2, 0) is 14.8 Å². The lowest BCUT2D eigenvalue weighted by molar-refractivity contribution is -0.120. The number of nitrogens with one attached hydrogen (secondary N) is 1. The van der Waals surface area contributed by atoms with Crippen LogP contribution in [0.25, 0.3) is 0 Å². The van der Waals surface area contributed by atoms with Gasteiger partial charge in [-0.3, -0.25) is 9.10 Å². The van der Waals surface area contributed by atoms with Gasteiger partial charge in [-0.2, -0.15) is 0 Å². The molecule has 8 heteroatoms. The molecular formula is C22H28N2O4S2. The number of anilines is 1. The highest BCUT2D eigenvalue weighted by Gasteiger charge is 2.35. The zero-order valence-electron chi connectivity index (χ0n) is 17.9. The highest BCUT2D eigenvalue weighted by atomic mass is 32.2. The largest absolute Gasteiger partial charge is 0.487 e. The molecule has 0 bridgehead atoms. The van der Waals surface area contributed by atoms with E-state index in [-0.39, 0.29) is 18.5 Å². The molecule has 0 fully saturated rings. The lowest BCUT2D eigenvalue weighted by Gasteiger charge is -2.38. The quantitative estimate of drug-likeness (QED) is 0.679. The average Bonchev–Trinajstić information content (AvgIpc) is 2.64. The van der Waals surface area contributed by atoms with Gasteiger partial charge in [0.15, 0.2) is 0 Å². The van der Waals surface area contributed by atoms with Gasteiger partial charge in [0.05, 0.1) is 18.0 Å². The fourth-order valence-corrected chi connectivity index (χ4v) is 4.93. The summed E-state index contributed by atoms with van der Waals surface area (Å²) in [6.07, 6.45) is 3.62. The van der Waals surface area contributed by atoms with E-state index in [0.717, 1.165) is 32.3 Å². The Balaban J connectivity index is 1.84. The van der Waals surface area contributed by atoms with E-state index in [1.54, 1.807) is 18.2 Å². The lowest BCUT2D eigenvalue weighted by atomic mass is 9.89. The van der Waals surface area contributed by atoms with Crippen molar-refractivity contribution in [3.05, 3.63) is 53.6 Å². The maximum Gasteiger partial charge on any atom is 0.241 e. The standard InChI is InChI=1S/C22H28N2O4S2/c1-15-9-10-18-19(13-22(2,3)28-20(18)11-15)23-21(25)14-24(30(5,26)27)16-7-6-8-17(12-16)29-4/h6-12,19H,13-14H2,1-5H3,(H,23,25)/t19-/m0/s1. The van der Waals surface area contributed by atoms with Crippen molar-refractivity contribution in [2.45, 2.75) is 43.7 Å². The Labute approximate surface area is 183 Å². The molecule has 1 aliphatic rings. The van der Waals surface area contributed by atoms with Crippen LogP contribution < -0.4 is 14.4 Å². The molecule has 0 spiro atoms. The van der Waals surface area contributed by atoms with Crippen LogP contribution in [0.4, 0.5) is 5.69 Å². The third-order valence-corrected chi connectivity index (χ3v) is 6.86. The number of rotatable bonds is 6. The van der Waals surface area contributed by atoms with Crippen LogP contribution in [0, 0.1) is 6.92 Å². The molecule has 0 aliphatic carbocycles. The van der Waals surface area contributed by atoms with Gasteiger partial charge in [-0.05, 0) is 56.9 Å². The average molecular weight is 449 g/mol. The molecule has 2 aromatic rings. The van der Waals surface area contributed by atoms with E-state index in [1.165, 1.54) is 11.8 Å². The van der Waals surface area contributed by atoms with Gasteiger partial charge in [0, 0.05) is 16.9 Å². The minimum Gasteiger partial charge on any atom is -0.487 e. The number of fused-ring (bicyclic) bond motifs is 1. The van der Waals surface area contributed by atoms with Crippen LogP contribution >= 0.6 is 11.8 Å². The van der Waals surface area contributed by atoms with Crippen molar-refractivity contribution in [2.24, 2.45) is 0 Å². The summed E-state index contributed by atoms with van der Waals surface area (Å²) in [5.74, 6) is 0.397. The highest BCUT2D eigenvalue weighted by Crippen LogP contribution is 2.40. The molecule has 0 saturated carbocycles. The summed E-state index contributed by atoms with van der Waals surface area (Å²) in [6.45, 7) is 5.67. The van der Waals surface area contributed by atoms with Gasteiger partial charge in [-0.25, -0.2) is 8.42 Å². The Kier molecular flexibility index (Phi) is 6.38. The molecule has 1 N–H and O–H groups in total. The van der Waals surface area contributed by atoms with E-state index in [1.807, 2.05) is 51.3 Å². The van der Waals surface area contributed by atoms with Crippen molar-refractivity contribution in [1.82, 2.24) is 5.32 Å². The number of sulfonamides is 1. The van der Waals surface area contributed by atoms with Gasteiger partial charge in [0.25, 0.3) is 0 Å². The van der Waals surface area contributed by atoms with E-state index in [0.29, 0.717) is 12.1 Å². The molecule has 0 radical (unpaired) electrons. The van der Waals surface area contributed by atoms with E-state index in [4.69, 9.17) is 4.74 Å². The SMILES string of the molecule is CSc1cccc(N(CC(=O)N[C@H]2CC(C)(C)Oc3cc(C)ccc32)S(C)(=O)=O)c1. The maximum absolute atomic E-state index is 12.9. The van der Waals surface area contributed by atoms with Crippen molar-refractivity contribution in [3.63, 3.8) is 0 Å². The summed E-state index contributed by atoms with van der Waals surface area (Å²) < 4.78 is 32.1. The van der Waals surface area contributed by atoms with E-state index >= 15 is 0 Å². The summed E-state index contributed by atoms with van der Waals surface area (Å²) in [4.78, 5) is 13.8. The molecule has 6 nitrogen and oxygen atoms in total. The number of ether oxygens (including phenoxy) is 1. The Morgan fingerprint density at radius 2 is 2.00 bits per heavy atom. The number of aryl methyl sites for hydroxylation is 1. The van der Waals surface area contributed by atoms with E-state index < -0.39 is 15.6 Å². The van der Waals surface area contributed by atoms with Gasteiger partial charge in [-0.1, -0.05) is 18.2 Å². The normalized spacial score (nSPS) is 17.6. The molecule has 1 aliphatic heterocycles. The predicted octanol–water partition coefficient (Wildman–Crippen LogP) is 3.90. The molecule has 162 valence electrons. The first kappa shape index (κ1) is 22.5. The third-order valence-electron chi connectivity index (χ3n) is 4.99. The van der Waals surface area contributed by atoms with Gasteiger partial charge in [-0.15, -0.1) is 11.8 Å². The second-order valence-corrected chi connectivity index (χ2v) is 11.0. The van der Waals surface area contributed by atoms with Crippen molar-refractivity contribution in [3.8, 4) is 5.75 Å². The Hall–Kier alpha value is -2.19. The number of amides is 1. The molecule has 0 aromatic heterocycles. The smallest absolute Gasteiger partial charge is 0.241 e. The summed E-state index contributed by atoms with van der Waals surface area (Å²) in [7, 11) is -3.63. The zero-order valence-corrected chi connectivity index (χ0v) is 19.6. The fraction of sp³-hybridized carbons (Fsp3) is 0.409. The number of carbonyl (C=O) groups is 1. The van der Waals surface area contributed by atoms with Gasteiger partial charge in [0.1, 0.15) is 17.9 Å². The second-order valence-electron chi connectivity index (χ2n) is 8.20. The Morgan fingerprint density at radius 1 is 1.27 bits per heavy atom. The van der Waals surface area contributed by atoms with E-state index in [9.17, 15) is 13.2 Å². The molecule has 0 unspecified atom stereocenters. The van der Waals surface area contributed by atoms with Crippen molar-refractivity contribution >= 4 is 33.4 Å². The zero-order chi connectivity index (χ0) is 22.1. The summed E-state index contributed by atoms with van der Waals surface area (Å²) in [5.41, 5.74) is 2.02. The second kappa shape index (κ2) is 8.51. The van der Waals surface area contributed by atoms with Crippen LogP contribution in [0.1, 0.15) is 37.4 Å². The van der Waals surface area contributed by atoms with Crippen LogP contribution in [-0.4, -0.2) is 39.0 Å². The molecule has 1 amide bonds. The lowest BCUT2D eigenvalue weighted by Crippen LogP contribution is -2.45.